The van der Waals surface area contributed by atoms with Crippen LogP contribution in [0.3, 0.4) is 0 Å². The van der Waals surface area contributed by atoms with Gasteiger partial charge in [0.25, 0.3) is 0 Å². The van der Waals surface area contributed by atoms with Gasteiger partial charge in [-0.25, -0.2) is 0 Å². The van der Waals surface area contributed by atoms with E-state index in [1.165, 1.54) is 49.7 Å². The van der Waals surface area contributed by atoms with Crippen molar-refractivity contribution in [3.8, 4) is 16.9 Å². The topological polar surface area (TPSA) is 9.23 Å². The Hall–Kier alpha value is -2.58. The Morgan fingerprint density at radius 3 is 1.45 bits per heavy atom. The molecule has 0 aliphatic heterocycles. The molecular weight excluding hydrogens is 549 g/mol. The molecule has 4 rings (SSSR count). The van der Waals surface area contributed by atoms with E-state index in [1.54, 1.807) is 0 Å². The summed E-state index contributed by atoms with van der Waals surface area (Å²) >= 11 is 0. The Labute approximate surface area is 271 Å². The highest BCUT2D eigenvalue weighted by Crippen LogP contribution is 2.53. The lowest BCUT2D eigenvalue weighted by atomic mass is 9.80. The molecule has 0 atom stereocenters. The van der Waals surface area contributed by atoms with E-state index >= 15 is 0 Å². The molecule has 3 aromatic rings. The molecule has 0 fully saturated rings. The van der Waals surface area contributed by atoms with Gasteiger partial charge in [-0.1, -0.05) is 170 Å². The van der Waals surface area contributed by atoms with E-state index in [2.05, 4.69) is 152 Å². The Balaban J connectivity index is 2.20. The second-order valence-electron chi connectivity index (χ2n) is 17.4. The molecular formula is C42H60OSi. The zero-order valence-corrected chi connectivity index (χ0v) is 31.5. The molecule has 1 nitrogen and oxygen atoms in total. The Bertz CT molecular complexity index is 1460. The molecule has 0 amide bonds. The number of rotatable bonds is 7. The monoisotopic (exact) mass is 608 g/mol. The van der Waals surface area contributed by atoms with Crippen LogP contribution < -0.4 is 9.92 Å². The van der Waals surface area contributed by atoms with Crippen molar-refractivity contribution >= 4 is 13.3 Å². The van der Waals surface area contributed by atoms with E-state index in [0.717, 1.165) is 17.8 Å². The third-order valence-corrected chi connectivity index (χ3v) is 15.9. The molecule has 0 spiro atoms. The summed E-state index contributed by atoms with van der Waals surface area (Å²) in [6.45, 7) is 37.6. The van der Waals surface area contributed by atoms with Gasteiger partial charge in [-0.05, 0) is 71.4 Å². The summed E-state index contributed by atoms with van der Waals surface area (Å²) in [5.41, 5.74) is 12.0. The molecule has 0 unspecified atom stereocenters. The van der Waals surface area contributed by atoms with E-state index in [1.807, 2.05) is 6.08 Å². The summed E-state index contributed by atoms with van der Waals surface area (Å²) in [4.78, 5) is 0. The van der Waals surface area contributed by atoms with E-state index in [-0.39, 0.29) is 21.7 Å². The van der Waals surface area contributed by atoms with Gasteiger partial charge < -0.3 is 4.74 Å². The van der Waals surface area contributed by atoms with Gasteiger partial charge in [-0.15, -0.1) is 0 Å². The largest absolute Gasteiger partial charge is 0.489 e. The summed E-state index contributed by atoms with van der Waals surface area (Å²) in [6.07, 6.45) is 1.90. The Kier molecular flexibility index (Phi) is 9.08. The van der Waals surface area contributed by atoms with Gasteiger partial charge in [0.1, 0.15) is 20.4 Å². The number of fused-ring (bicyclic) bond motifs is 3. The van der Waals surface area contributed by atoms with Crippen LogP contribution in [0.4, 0.5) is 0 Å². The first-order chi connectivity index (χ1) is 20.2. The van der Waals surface area contributed by atoms with Crippen LogP contribution in [-0.2, 0) is 21.7 Å². The first-order valence-corrected chi connectivity index (χ1v) is 19.4. The second-order valence-corrected chi connectivity index (χ2v) is 22.2. The summed E-state index contributed by atoms with van der Waals surface area (Å²) in [5.74, 6) is 1.12. The predicted octanol–water partition coefficient (Wildman–Crippen LogP) is 11.5. The summed E-state index contributed by atoms with van der Waals surface area (Å²) < 4.78 is 6.83. The van der Waals surface area contributed by atoms with Crippen molar-refractivity contribution in [2.24, 2.45) is 0 Å². The summed E-state index contributed by atoms with van der Waals surface area (Å²) in [6, 6.07) is 22.1. The number of ether oxygens (including phenoxy) is 1. The molecule has 238 valence electrons. The van der Waals surface area contributed by atoms with E-state index < -0.39 is 8.07 Å². The molecule has 0 heterocycles. The average Bonchev–Trinajstić information content (AvgIpc) is 3.24. The molecule has 0 N–H and O–H groups in total. The molecule has 44 heavy (non-hydrogen) atoms. The molecule has 0 bridgehead atoms. The fraction of sp³-hybridized carbons (Fsp3) is 0.524. The zero-order chi connectivity index (χ0) is 33.0. The standard InChI is InChI=1S/C42H60OSi/c1-16-23-43-37-35(42(13,14)15)26-30(41(10,11)12)27-36(37)44(17-2,18-3)38-33-24-28(39(4,5)6)19-21-31(33)32-22-20-29(25-34(32)38)40(7,8)9/h16,19-22,24-27,38H,1,17-18,23H2,2-15H3. The van der Waals surface area contributed by atoms with E-state index in [9.17, 15) is 0 Å². The number of benzene rings is 3. The van der Waals surface area contributed by atoms with Crippen LogP contribution in [0.15, 0.2) is 61.2 Å². The highest BCUT2D eigenvalue weighted by molar-refractivity contribution is 6.94. The Morgan fingerprint density at radius 2 is 1.09 bits per heavy atom. The van der Waals surface area contributed by atoms with Crippen LogP contribution >= 0.6 is 0 Å². The van der Waals surface area contributed by atoms with Crippen molar-refractivity contribution in [2.75, 3.05) is 6.61 Å². The van der Waals surface area contributed by atoms with Crippen molar-refractivity contribution in [3.63, 3.8) is 0 Å². The fourth-order valence-electron chi connectivity index (χ4n) is 7.27. The maximum absolute atomic E-state index is 6.83. The minimum absolute atomic E-state index is 0.0254. The van der Waals surface area contributed by atoms with Crippen molar-refractivity contribution in [2.45, 2.75) is 136 Å². The highest BCUT2D eigenvalue weighted by atomic mass is 28.3. The van der Waals surface area contributed by atoms with Crippen molar-refractivity contribution in [1.29, 1.82) is 0 Å². The first kappa shape index (κ1) is 34.3. The van der Waals surface area contributed by atoms with Crippen LogP contribution in [0.1, 0.15) is 136 Å². The van der Waals surface area contributed by atoms with Gasteiger partial charge in [-0.3, -0.25) is 0 Å². The van der Waals surface area contributed by atoms with Crippen LogP contribution in [0, 0.1) is 0 Å². The van der Waals surface area contributed by atoms with Gasteiger partial charge in [-0.2, -0.15) is 0 Å². The lowest BCUT2D eigenvalue weighted by molar-refractivity contribution is 0.353. The molecule has 3 aromatic carbocycles. The van der Waals surface area contributed by atoms with Crippen molar-refractivity contribution in [1.82, 2.24) is 0 Å². The van der Waals surface area contributed by atoms with Crippen LogP contribution in [-0.4, -0.2) is 14.7 Å². The van der Waals surface area contributed by atoms with Crippen LogP contribution in [0.5, 0.6) is 5.75 Å². The molecule has 1 aliphatic rings. The molecule has 0 radical (unpaired) electrons. The van der Waals surface area contributed by atoms with Gasteiger partial charge in [0, 0.05) is 5.54 Å². The number of hydrogen-bond donors (Lipinski definition) is 0. The van der Waals surface area contributed by atoms with Crippen LogP contribution in [0.25, 0.3) is 11.1 Å². The van der Waals surface area contributed by atoms with Gasteiger partial charge in [0.05, 0.1) is 0 Å². The lowest BCUT2D eigenvalue weighted by Gasteiger charge is -2.41. The molecule has 2 heteroatoms. The predicted molar refractivity (Wildman–Crippen MR) is 197 cm³/mol. The van der Waals surface area contributed by atoms with E-state index in [4.69, 9.17) is 4.74 Å². The van der Waals surface area contributed by atoms with Crippen molar-refractivity contribution < 1.29 is 4.74 Å². The Morgan fingerprint density at radius 1 is 0.636 bits per heavy atom. The summed E-state index contributed by atoms with van der Waals surface area (Å²) in [5, 5.41) is 1.49. The average molecular weight is 609 g/mol. The first-order valence-electron chi connectivity index (χ1n) is 16.9. The van der Waals surface area contributed by atoms with E-state index in [0.29, 0.717) is 12.1 Å². The minimum atomic E-state index is -2.33. The van der Waals surface area contributed by atoms with Gasteiger partial charge >= 0.3 is 0 Å². The van der Waals surface area contributed by atoms with Gasteiger partial charge in [0.15, 0.2) is 0 Å². The SMILES string of the molecule is C=CCOc1c(C(C)(C)C)cc(C(C)(C)C)cc1[Si](CC)(CC)C1c2cc(C(C)(C)C)ccc2-c2ccc(C(C)(C)C)cc21. The third kappa shape index (κ3) is 6.13. The molecule has 0 saturated carbocycles. The fourth-order valence-corrected chi connectivity index (χ4v) is 12.4. The number of hydrogen-bond acceptors (Lipinski definition) is 1. The second kappa shape index (κ2) is 11.7. The summed E-state index contributed by atoms with van der Waals surface area (Å²) in [7, 11) is -2.33. The maximum Gasteiger partial charge on any atom is 0.122 e. The van der Waals surface area contributed by atoms with Crippen LogP contribution in [0.2, 0.25) is 12.1 Å². The quantitative estimate of drug-likeness (QED) is 0.191. The maximum atomic E-state index is 6.83. The van der Waals surface area contributed by atoms with Crippen molar-refractivity contribution in [3.05, 3.63) is 94.6 Å². The molecule has 0 aromatic heterocycles. The molecule has 1 aliphatic carbocycles. The van der Waals surface area contributed by atoms with Gasteiger partial charge in [0.2, 0.25) is 0 Å². The molecule has 0 saturated heterocycles. The lowest BCUT2D eigenvalue weighted by Crippen LogP contribution is -2.53. The third-order valence-electron chi connectivity index (χ3n) is 10.2. The highest BCUT2D eigenvalue weighted by Gasteiger charge is 2.49. The minimum Gasteiger partial charge on any atom is -0.489 e. The normalized spacial score (nSPS) is 14.4. The zero-order valence-electron chi connectivity index (χ0n) is 30.5. The smallest absolute Gasteiger partial charge is 0.122 e.